The number of nitrogens with one attached hydrogen (secondary N) is 3. The van der Waals surface area contributed by atoms with Crippen LogP contribution in [0.2, 0.25) is 0 Å². The Morgan fingerprint density at radius 2 is 1.81 bits per heavy atom. The minimum absolute atomic E-state index is 0.105. The number of ether oxygens (including phenoxy) is 2. The van der Waals surface area contributed by atoms with Crippen LogP contribution >= 0.6 is 0 Å². The van der Waals surface area contributed by atoms with Crippen molar-refractivity contribution in [1.29, 1.82) is 0 Å². The Balaban J connectivity index is 1.65. The number of alkyl carbamates (subject to hydrolysis) is 1. The molecule has 0 saturated carbocycles. The number of rotatable bonds is 9. The van der Waals surface area contributed by atoms with Crippen LogP contribution in [0.3, 0.4) is 0 Å². The molecule has 0 fully saturated rings. The van der Waals surface area contributed by atoms with Gasteiger partial charge in [-0.1, -0.05) is 62.7 Å². The van der Waals surface area contributed by atoms with Gasteiger partial charge in [0.2, 0.25) is 5.91 Å². The fourth-order valence-electron chi connectivity index (χ4n) is 3.19. The summed E-state index contributed by atoms with van der Waals surface area (Å²) in [6.45, 7) is 3.98. The molecule has 2 aromatic carbocycles. The van der Waals surface area contributed by atoms with Crippen molar-refractivity contribution in [3.8, 4) is 17.0 Å². The van der Waals surface area contributed by atoms with Gasteiger partial charge < -0.3 is 20.1 Å². The van der Waals surface area contributed by atoms with Crippen LogP contribution in [0.25, 0.3) is 11.3 Å². The molecule has 8 heteroatoms. The Kier molecular flexibility index (Phi) is 7.85. The van der Waals surface area contributed by atoms with Crippen LogP contribution in [0.5, 0.6) is 5.75 Å². The SMILES string of the molecule is CC[C@H](C)[C@H](NC(=O)OCc1ccccc1)C(=O)Nc1cc(-c2ccccc2OC)[nH]n1. The molecule has 0 aliphatic heterocycles. The molecule has 3 aromatic rings. The van der Waals surface area contributed by atoms with Crippen molar-refractivity contribution in [2.24, 2.45) is 5.92 Å². The second-order valence-electron chi connectivity index (χ2n) is 7.43. The van der Waals surface area contributed by atoms with Gasteiger partial charge in [-0.25, -0.2) is 4.79 Å². The average molecular weight is 437 g/mol. The van der Waals surface area contributed by atoms with E-state index in [1.165, 1.54) is 0 Å². The Labute approximate surface area is 187 Å². The number of hydrogen-bond donors (Lipinski definition) is 3. The number of aromatic amines is 1. The fourth-order valence-corrected chi connectivity index (χ4v) is 3.19. The van der Waals surface area contributed by atoms with Gasteiger partial charge in [0.25, 0.3) is 0 Å². The standard InChI is InChI=1S/C24H28N4O4/c1-4-16(2)22(26-24(30)32-15-17-10-6-5-7-11-17)23(29)25-21-14-19(27-28-21)18-12-8-9-13-20(18)31-3/h5-14,16,22H,4,15H2,1-3H3,(H,26,30)(H2,25,27,28,29)/t16-,22-/m0/s1. The molecule has 0 bridgehead atoms. The molecule has 0 saturated heterocycles. The molecule has 3 N–H and O–H groups in total. The van der Waals surface area contributed by atoms with Crippen LogP contribution < -0.4 is 15.4 Å². The molecule has 3 rings (SSSR count). The van der Waals surface area contributed by atoms with Crippen molar-refractivity contribution in [2.45, 2.75) is 32.9 Å². The summed E-state index contributed by atoms with van der Waals surface area (Å²) >= 11 is 0. The first-order valence-corrected chi connectivity index (χ1v) is 10.5. The van der Waals surface area contributed by atoms with E-state index in [1.807, 2.05) is 68.4 Å². The Bertz CT molecular complexity index is 1040. The number of carbonyl (C=O) groups excluding carboxylic acids is 2. The van der Waals surface area contributed by atoms with Crippen LogP contribution in [0.15, 0.2) is 60.7 Å². The summed E-state index contributed by atoms with van der Waals surface area (Å²) in [6.07, 6.45) is 0.0513. The molecule has 168 valence electrons. The van der Waals surface area contributed by atoms with E-state index in [2.05, 4.69) is 20.8 Å². The van der Waals surface area contributed by atoms with Gasteiger partial charge in [-0.05, 0) is 23.6 Å². The van der Waals surface area contributed by atoms with Crippen LogP contribution in [0, 0.1) is 5.92 Å². The highest BCUT2D eigenvalue weighted by atomic mass is 16.5. The van der Waals surface area contributed by atoms with Crippen molar-refractivity contribution in [1.82, 2.24) is 15.5 Å². The number of benzene rings is 2. The van der Waals surface area contributed by atoms with Gasteiger partial charge >= 0.3 is 6.09 Å². The number of aromatic nitrogens is 2. The number of para-hydroxylation sites is 1. The van der Waals surface area contributed by atoms with E-state index in [-0.39, 0.29) is 18.4 Å². The number of H-pyrrole nitrogens is 1. The molecular weight excluding hydrogens is 408 g/mol. The van der Waals surface area contributed by atoms with Gasteiger partial charge in [-0.2, -0.15) is 5.10 Å². The number of anilines is 1. The van der Waals surface area contributed by atoms with Gasteiger partial charge in [-0.15, -0.1) is 0 Å². The summed E-state index contributed by atoms with van der Waals surface area (Å²) in [5.41, 5.74) is 2.39. The molecule has 1 aromatic heterocycles. The first-order valence-electron chi connectivity index (χ1n) is 10.5. The summed E-state index contributed by atoms with van der Waals surface area (Å²) in [5, 5.41) is 12.5. The predicted molar refractivity (Wildman–Crippen MR) is 122 cm³/mol. The van der Waals surface area contributed by atoms with Crippen LogP contribution in [0.4, 0.5) is 10.6 Å². The summed E-state index contributed by atoms with van der Waals surface area (Å²) in [4.78, 5) is 25.2. The minimum atomic E-state index is -0.769. The third-order valence-electron chi connectivity index (χ3n) is 5.21. The predicted octanol–water partition coefficient (Wildman–Crippen LogP) is 4.36. The van der Waals surface area contributed by atoms with Crippen LogP contribution in [-0.2, 0) is 16.1 Å². The number of hydrogen-bond acceptors (Lipinski definition) is 5. The number of nitrogens with zero attached hydrogens (tertiary/aromatic N) is 1. The summed E-state index contributed by atoms with van der Waals surface area (Å²) in [6, 6.07) is 17.8. The molecule has 2 atom stereocenters. The van der Waals surface area contributed by atoms with E-state index in [9.17, 15) is 9.59 Å². The molecule has 8 nitrogen and oxygen atoms in total. The lowest BCUT2D eigenvalue weighted by Crippen LogP contribution is -2.47. The smallest absolute Gasteiger partial charge is 0.408 e. The molecule has 0 aliphatic carbocycles. The maximum absolute atomic E-state index is 12.9. The van der Waals surface area contributed by atoms with Crippen LogP contribution in [-0.4, -0.2) is 35.3 Å². The Morgan fingerprint density at radius 1 is 1.09 bits per heavy atom. The lowest BCUT2D eigenvalue weighted by molar-refractivity contribution is -0.119. The first kappa shape index (κ1) is 22.9. The van der Waals surface area contributed by atoms with E-state index in [0.29, 0.717) is 23.7 Å². The second-order valence-corrected chi connectivity index (χ2v) is 7.43. The van der Waals surface area contributed by atoms with Crippen molar-refractivity contribution < 1.29 is 19.1 Å². The lowest BCUT2D eigenvalue weighted by atomic mass is 9.98. The van der Waals surface area contributed by atoms with E-state index < -0.39 is 12.1 Å². The van der Waals surface area contributed by atoms with Gasteiger partial charge in [0.1, 0.15) is 18.4 Å². The largest absolute Gasteiger partial charge is 0.496 e. The van der Waals surface area contributed by atoms with E-state index in [0.717, 1.165) is 11.1 Å². The molecule has 1 heterocycles. The average Bonchev–Trinajstić information content (AvgIpc) is 3.29. The second kappa shape index (κ2) is 11.0. The topological polar surface area (TPSA) is 105 Å². The number of amides is 2. The highest BCUT2D eigenvalue weighted by Crippen LogP contribution is 2.29. The van der Waals surface area contributed by atoms with Gasteiger partial charge in [0.15, 0.2) is 5.82 Å². The molecule has 32 heavy (non-hydrogen) atoms. The van der Waals surface area contributed by atoms with Crippen LogP contribution in [0.1, 0.15) is 25.8 Å². The zero-order valence-corrected chi connectivity index (χ0v) is 18.4. The summed E-state index contributed by atoms with van der Waals surface area (Å²) in [7, 11) is 1.59. The highest BCUT2D eigenvalue weighted by Gasteiger charge is 2.27. The number of carbonyl (C=O) groups is 2. The molecule has 0 aliphatic rings. The van der Waals surface area contributed by atoms with Gasteiger partial charge in [-0.3, -0.25) is 9.89 Å². The molecule has 2 amide bonds. The van der Waals surface area contributed by atoms with E-state index in [4.69, 9.17) is 9.47 Å². The summed E-state index contributed by atoms with van der Waals surface area (Å²) < 4.78 is 10.7. The maximum Gasteiger partial charge on any atom is 0.408 e. The molecular formula is C24H28N4O4. The van der Waals surface area contributed by atoms with Gasteiger partial charge in [0, 0.05) is 11.6 Å². The van der Waals surface area contributed by atoms with Crippen molar-refractivity contribution in [3.63, 3.8) is 0 Å². The third kappa shape index (κ3) is 5.87. The van der Waals surface area contributed by atoms with Crippen molar-refractivity contribution in [2.75, 3.05) is 12.4 Å². The van der Waals surface area contributed by atoms with Gasteiger partial charge in [0.05, 0.1) is 12.8 Å². The highest BCUT2D eigenvalue weighted by molar-refractivity contribution is 5.96. The number of methoxy groups -OCH3 is 1. The van der Waals surface area contributed by atoms with E-state index >= 15 is 0 Å². The Hall–Kier alpha value is -3.81. The lowest BCUT2D eigenvalue weighted by Gasteiger charge is -2.22. The summed E-state index contributed by atoms with van der Waals surface area (Å²) in [5.74, 6) is 0.569. The zero-order chi connectivity index (χ0) is 22.9. The molecule has 0 radical (unpaired) electrons. The zero-order valence-electron chi connectivity index (χ0n) is 18.4. The van der Waals surface area contributed by atoms with E-state index in [1.54, 1.807) is 13.2 Å². The first-order chi connectivity index (χ1) is 15.5. The third-order valence-corrected chi connectivity index (χ3v) is 5.21. The monoisotopic (exact) mass is 436 g/mol. The van der Waals surface area contributed by atoms with Crippen molar-refractivity contribution in [3.05, 3.63) is 66.2 Å². The Morgan fingerprint density at radius 3 is 2.53 bits per heavy atom. The maximum atomic E-state index is 12.9. The van der Waals surface area contributed by atoms with Crippen molar-refractivity contribution >= 4 is 17.8 Å². The normalized spacial score (nSPS) is 12.5. The quantitative estimate of drug-likeness (QED) is 0.462. The molecule has 0 unspecified atom stereocenters. The molecule has 0 spiro atoms. The fraction of sp³-hybridized carbons (Fsp3) is 0.292. The minimum Gasteiger partial charge on any atom is -0.496 e.